The van der Waals surface area contributed by atoms with Gasteiger partial charge in [0, 0.05) is 11.6 Å². The molecule has 0 atom stereocenters. The van der Waals surface area contributed by atoms with E-state index >= 15 is 0 Å². The highest BCUT2D eigenvalue weighted by molar-refractivity contribution is 5.85. The zero-order valence-corrected chi connectivity index (χ0v) is 7.90. The molecule has 1 aliphatic carbocycles. The lowest BCUT2D eigenvalue weighted by Crippen LogP contribution is -2.20. The molecule has 2 heteroatoms. The molecule has 2 N–H and O–H groups in total. The van der Waals surface area contributed by atoms with Gasteiger partial charge in [-0.2, -0.15) is 0 Å². The Morgan fingerprint density at radius 2 is 1.93 bits per heavy atom. The van der Waals surface area contributed by atoms with Gasteiger partial charge in [-0.05, 0) is 24.3 Å². The van der Waals surface area contributed by atoms with Crippen molar-refractivity contribution >= 4 is 10.8 Å². The minimum absolute atomic E-state index is 0.138. The molecule has 3 rings (SSSR count). The van der Waals surface area contributed by atoms with Gasteiger partial charge >= 0.3 is 0 Å². The summed E-state index contributed by atoms with van der Waals surface area (Å²) in [4.78, 5) is 4.42. The van der Waals surface area contributed by atoms with E-state index in [9.17, 15) is 0 Å². The number of rotatable bonds is 1. The third kappa shape index (κ3) is 1.04. The van der Waals surface area contributed by atoms with Crippen molar-refractivity contribution < 1.29 is 0 Å². The summed E-state index contributed by atoms with van der Waals surface area (Å²) in [5.41, 5.74) is 7.10. The van der Waals surface area contributed by atoms with Crippen LogP contribution in [0, 0.1) is 0 Å². The molecule has 0 radical (unpaired) electrons. The molecule has 1 aromatic carbocycles. The van der Waals surface area contributed by atoms with Crippen LogP contribution in [0.1, 0.15) is 18.5 Å². The average Bonchev–Trinajstić information content (AvgIpc) is 2.97. The minimum atomic E-state index is -0.138. The number of nitrogens with two attached hydrogens (primary N) is 1. The molecule has 1 heterocycles. The Labute approximate surface area is 82.8 Å². The summed E-state index contributed by atoms with van der Waals surface area (Å²) in [6, 6.07) is 10.3. The van der Waals surface area contributed by atoms with Crippen LogP contribution in [0.4, 0.5) is 0 Å². The maximum atomic E-state index is 6.17. The summed E-state index contributed by atoms with van der Waals surface area (Å²) >= 11 is 0. The molecule has 0 unspecified atom stereocenters. The molecular weight excluding hydrogens is 172 g/mol. The van der Waals surface area contributed by atoms with Gasteiger partial charge in [0.2, 0.25) is 0 Å². The molecule has 2 aromatic rings. The monoisotopic (exact) mass is 184 g/mol. The second-order valence-corrected chi connectivity index (χ2v) is 4.04. The Balaban J connectivity index is 2.33. The fourth-order valence-corrected chi connectivity index (χ4v) is 1.89. The third-order valence-electron chi connectivity index (χ3n) is 2.93. The zero-order chi connectivity index (χ0) is 9.60. The van der Waals surface area contributed by atoms with Crippen LogP contribution in [-0.2, 0) is 5.54 Å². The van der Waals surface area contributed by atoms with Crippen molar-refractivity contribution in [1.29, 1.82) is 0 Å². The van der Waals surface area contributed by atoms with Crippen LogP contribution in [0.2, 0.25) is 0 Å². The normalized spacial score (nSPS) is 18.4. The van der Waals surface area contributed by atoms with E-state index in [1.165, 1.54) is 10.8 Å². The van der Waals surface area contributed by atoms with Crippen molar-refractivity contribution in [1.82, 2.24) is 4.98 Å². The standard InChI is InChI=1S/C12H12N2/c13-12(6-7-12)11-10-4-2-1-3-9(10)5-8-14-11/h1-5,8H,6-7,13H2. The van der Waals surface area contributed by atoms with Crippen molar-refractivity contribution in [3.63, 3.8) is 0 Å². The van der Waals surface area contributed by atoms with Crippen LogP contribution in [-0.4, -0.2) is 4.98 Å². The topological polar surface area (TPSA) is 38.9 Å². The molecule has 0 aliphatic heterocycles. The highest BCUT2D eigenvalue weighted by Gasteiger charge is 2.42. The number of hydrogen-bond acceptors (Lipinski definition) is 2. The molecular formula is C12H12N2. The Morgan fingerprint density at radius 1 is 1.14 bits per heavy atom. The van der Waals surface area contributed by atoms with E-state index < -0.39 is 0 Å². The van der Waals surface area contributed by atoms with Crippen LogP contribution in [0.25, 0.3) is 10.8 Å². The predicted molar refractivity (Wildman–Crippen MR) is 56.8 cm³/mol. The molecule has 1 saturated carbocycles. The van der Waals surface area contributed by atoms with Crippen molar-refractivity contribution in [2.24, 2.45) is 5.73 Å². The van der Waals surface area contributed by atoms with Crippen molar-refractivity contribution in [3.8, 4) is 0 Å². The number of benzene rings is 1. The molecule has 1 fully saturated rings. The first-order chi connectivity index (χ1) is 6.80. The van der Waals surface area contributed by atoms with E-state index in [0.717, 1.165) is 18.5 Å². The summed E-state index contributed by atoms with van der Waals surface area (Å²) in [6.07, 6.45) is 3.98. The van der Waals surface area contributed by atoms with Crippen LogP contribution >= 0.6 is 0 Å². The van der Waals surface area contributed by atoms with E-state index in [4.69, 9.17) is 5.73 Å². The van der Waals surface area contributed by atoms with Gasteiger partial charge in [-0.25, -0.2) is 0 Å². The minimum Gasteiger partial charge on any atom is -0.320 e. The van der Waals surface area contributed by atoms with Gasteiger partial charge in [-0.3, -0.25) is 4.98 Å². The molecule has 0 spiro atoms. The number of aromatic nitrogens is 1. The quantitative estimate of drug-likeness (QED) is 0.737. The Morgan fingerprint density at radius 3 is 2.71 bits per heavy atom. The summed E-state index contributed by atoms with van der Waals surface area (Å²) in [5.74, 6) is 0. The van der Waals surface area contributed by atoms with E-state index in [1.807, 2.05) is 24.4 Å². The van der Waals surface area contributed by atoms with Gasteiger partial charge in [0.25, 0.3) is 0 Å². The molecule has 2 nitrogen and oxygen atoms in total. The number of nitrogens with zero attached hydrogens (tertiary/aromatic N) is 1. The summed E-state index contributed by atoms with van der Waals surface area (Å²) in [7, 11) is 0. The van der Waals surface area contributed by atoms with Crippen molar-refractivity contribution in [3.05, 3.63) is 42.2 Å². The number of fused-ring (bicyclic) bond motifs is 1. The van der Waals surface area contributed by atoms with Crippen molar-refractivity contribution in [2.75, 3.05) is 0 Å². The fourth-order valence-electron chi connectivity index (χ4n) is 1.89. The summed E-state index contributed by atoms with van der Waals surface area (Å²) < 4.78 is 0. The van der Waals surface area contributed by atoms with Crippen LogP contribution < -0.4 is 5.73 Å². The van der Waals surface area contributed by atoms with Gasteiger partial charge in [-0.15, -0.1) is 0 Å². The number of hydrogen-bond donors (Lipinski definition) is 1. The molecule has 1 aromatic heterocycles. The lowest BCUT2D eigenvalue weighted by Gasteiger charge is -2.10. The fraction of sp³-hybridized carbons (Fsp3) is 0.250. The SMILES string of the molecule is NC1(c2nccc3ccccc23)CC1. The molecule has 0 amide bonds. The van der Waals surface area contributed by atoms with E-state index in [-0.39, 0.29) is 5.54 Å². The average molecular weight is 184 g/mol. The van der Waals surface area contributed by atoms with Gasteiger partial charge in [0.15, 0.2) is 0 Å². The second kappa shape index (κ2) is 2.55. The van der Waals surface area contributed by atoms with E-state index in [0.29, 0.717) is 0 Å². The molecule has 70 valence electrons. The Bertz CT molecular complexity index is 481. The lowest BCUT2D eigenvalue weighted by atomic mass is 10.0. The molecule has 14 heavy (non-hydrogen) atoms. The zero-order valence-electron chi connectivity index (χ0n) is 7.90. The number of pyridine rings is 1. The summed E-state index contributed by atoms with van der Waals surface area (Å²) in [5, 5.41) is 2.43. The Hall–Kier alpha value is -1.41. The third-order valence-corrected chi connectivity index (χ3v) is 2.93. The van der Waals surface area contributed by atoms with Gasteiger partial charge in [0.05, 0.1) is 11.2 Å². The van der Waals surface area contributed by atoms with Crippen LogP contribution in [0.3, 0.4) is 0 Å². The predicted octanol–water partition coefficient (Wildman–Crippen LogP) is 2.18. The lowest BCUT2D eigenvalue weighted by molar-refractivity contribution is 0.717. The summed E-state index contributed by atoms with van der Waals surface area (Å²) in [6.45, 7) is 0. The van der Waals surface area contributed by atoms with Crippen molar-refractivity contribution in [2.45, 2.75) is 18.4 Å². The first kappa shape index (κ1) is 7.94. The molecule has 0 saturated heterocycles. The first-order valence-corrected chi connectivity index (χ1v) is 4.93. The maximum absolute atomic E-state index is 6.17. The van der Waals surface area contributed by atoms with E-state index in [2.05, 4.69) is 17.1 Å². The van der Waals surface area contributed by atoms with Gasteiger partial charge < -0.3 is 5.73 Å². The van der Waals surface area contributed by atoms with Gasteiger partial charge in [0.1, 0.15) is 0 Å². The molecule has 0 bridgehead atoms. The second-order valence-electron chi connectivity index (χ2n) is 4.04. The highest BCUT2D eigenvalue weighted by Crippen LogP contribution is 2.43. The van der Waals surface area contributed by atoms with Crippen LogP contribution in [0.15, 0.2) is 36.5 Å². The van der Waals surface area contributed by atoms with E-state index in [1.54, 1.807) is 0 Å². The smallest absolute Gasteiger partial charge is 0.0680 e. The maximum Gasteiger partial charge on any atom is 0.0680 e. The largest absolute Gasteiger partial charge is 0.320 e. The van der Waals surface area contributed by atoms with Gasteiger partial charge in [-0.1, -0.05) is 24.3 Å². The molecule has 1 aliphatic rings. The van der Waals surface area contributed by atoms with Crippen LogP contribution in [0.5, 0.6) is 0 Å². The Kier molecular flexibility index (Phi) is 1.45. The first-order valence-electron chi connectivity index (χ1n) is 4.93. The highest BCUT2D eigenvalue weighted by atomic mass is 14.9.